The van der Waals surface area contributed by atoms with Gasteiger partial charge in [0.1, 0.15) is 11.6 Å². The van der Waals surface area contributed by atoms with E-state index in [2.05, 4.69) is 43.3 Å². The van der Waals surface area contributed by atoms with Crippen molar-refractivity contribution in [2.24, 2.45) is 5.41 Å². The van der Waals surface area contributed by atoms with Crippen molar-refractivity contribution >= 4 is 22.6 Å². The summed E-state index contributed by atoms with van der Waals surface area (Å²) < 4.78 is 7.88. The van der Waals surface area contributed by atoms with Crippen molar-refractivity contribution in [2.45, 2.75) is 40.5 Å². The molecule has 0 atom stereocenters. The Bertz CT molecular complexity index is 912. The average Bonchev–Trinajstić information content (AvgIpc) is 2.91. The highest BCUT2D eigenvalue weighted by atomic mass is 35.5. The lowest BCUT2D eigenvalue weighted by Crippen LogP contribution is -2.18. The van der Waals surface area contributed by atoms with Crippen molar-refractivity contribution in [3.05, 3.63) is 58.9 Å². The molecule has 0 spiro atoms. The van der Waals surface area contributed by atoms with Crippen LogP contribution < -0.4 is 10.2 Å². The number of nitrogens with zero attached hydrogens (tertiary/aromatic N) is 2. The van der Waals surface area contributed by atoms with E-state index in [1.165, 1.54) is 5.56 Å². The Balaban J connectivity index is 1.57. The average molecular weight is 386 g/mol. The van der Waals surface area contributed by atoms with Crippen molar-refractivity contribution in [2.75, 3.05) is 18.6 Å². The second kappa shape index (κ2) is 8.22. The van der Waals surface area contributed by atoms with Gasteiger partial charge >= 0.3 is 0 Å². The van der Waals surface area contributed by atoms with Gasteiger partial charge in [-0.3, -0.25) is 0 Å². The molecule has 3 aromatic rings. The number of aryl methyl sites for hydroxylation is 1. The zero-order valence-electron chi connectivity index (χ0n) is 16.6. The number of rotatable bonds is 7. The van der Waals surface area contributed by atoms with E-state index >= 15 is 0 Å². The molecular formula is C22H28ClN3O. The molecule has 5 heteroatoms. The van der Waals surface area contributed by atoms with E-state index < -0.39 is 0 Å². The van der Waals surface area contributed by atoms with Crippen LogP contribution in [0.2, 0.25) is 5.02 Å². The molecule has 0 bridgehead atoms. The molecule has 0 radical (unpaired) electrons. The molecule has 27 heavy (non-hydrogen) atoms. The van der Waals surface area contributed by atoms with Crippen LogP contribution in [0.3, 0.4) is 0 Å². The van der Waals surface area contributed by atoms with Gasteiger partial charge in [-0.15, -0.1) is 0 Å². The molecule has 0 aliphatic carbocycles. The molecule has 4 nitrogen and oxygen atoms in total. The van der Waals surface area contributed by atoms with Crippen LogP contribution in [0.1, 0.15) is 38.6 Å². The molecule has 0 saturated carbocycles. The maximum absolute atomic E-state index is 6.40. The van der Waals surface area contributed by atoms with Gasteiger partial charge in [-0.1, -0.05) is 50.6 Å². The first-order valence-electron chi connectivity index (χ1n) is 9.43. The van der Waals surface area contributed by atoms with Crippen LogP contribution in [0.15, 0.2) is 42.5 Å². The summed E-state index contributed by atoms with van der Waals surface area (Å²) in [6.45, 7) is 10.1. The van der Waals surface area contributed by atoms with Crippen molar-refractivity contribution < 1.29 is 4.74 Å². The van der Waals surface area contributed by atoms with Crippen molar-refractivity contribution in [1.82, 2.24) is 9.66 Å². The summed E-state index contributed by atoms with van der Waals surface area (Å²) in [5, 5.41) is 0.672. The Morgan fingerprint density at radius 2 is 1.93 bits per heavy atom. The van der Waals surface area contributed by atoms with Crippen molar-refractivity contribution in [1.29, 1.82) is 0 Å². The molecule has 3 rings (SSSR count). The number of nitrogens with one attached hydrogen (secondary N) is 1. The second-order valence-electron chi connectivity index (χ2n) is 8.07. The zero-order chi connectivity index (χ0) is 19.4. The summed E-state index contributed by atoms with van der Waals surface area (Å²) in [4.78, 5) is 4.57. The molecule has 1 heterocycles. The highest BCUT2D eigenvalue weighted by Crippen LogP contribution is 2.27. The second-order valence-corrected chi connectivity index (χ2v) is 8.47. The summed E-state index contributed by atoms with van der Waals surface area (Å²) >= 11 is 6.40. The number of benzene rings is 2. The van der Waals surface area contributed by atoms with Gasteiger partial charge < -0.3 is 10.2 Å². The third kappa shape index (κ3) is 5.16. The minimum absolute atomic E-state index is 0.258. The van der Waals surface area contributed by atoms with Crippen LogP contribution in [0.4, 0.5) is 0 Å². The summed E-state index contributed by atoms with van der Waals surface area (Å²) in [7, 11) is 0. The first kappa shape index (κ1) is 19.6. The van der Waals surface area contributed by atoms with Crippen LogP contribution in [0, 0.1) is 12.3 Å². The molecule has 0 aliphatic rings. The van der Waals surface area contributed by atoms with E-state index in [0.717, 1.165) is 42.0 Å². The Morgan fingerprint density at radius 3 is 2.67 bits per heavy atom. The van der Waals surface area contributed by atoms with Gasteiger partial charge in [0.25, 0.3) is 0 Å². The number of fused-ring (bicyclic) bond motifs is 1. The predicted molar refractivity (Wildman–Crippen MR) is 113 cm³/mol. The third-order valence-electron chi connectivity index (χ3n) is 4.52. The molecule has 0 unspecified atom stereocenters. The van der Waals surface area contributed by atoms with Gasteiger partial charge in [-0.25, -0.2) is 9.66 Å². The third-order valence-corrected chi connectivity index (χ3v) is 4.81. The minimum Gasteiger partial charge on any atom is -0.492 e. The molecular weight excluding hydrogens is 358 g/mol. The molecule has 0 saturated heterocycles. The number of hydrogen-bond acceptors (Lipinski definition) is 3. The number of imidazole rings is 1. The minimum atomic E-state index is 0.258. The first-order valence-corrected chi connectivity index (χ1v) is 9.80. The maximum atomic E-state index is 6.40. The number of ether oxygens (including phenoxy) is 1. The largest absolute Gasteiger partial charge is 0.492 e. The molecule has 1 N–H and O–H groups in total. The van der Waals surface area contributed by atoms with Crippen LogP contribution >= 0.6 is 11.6 Å². The number of halogens is 1. The fourth-order valence-electron chi connectivity index (χ4n) is 2.94. The van der Waals surface area contributed by atoms with Gasteiger partial charge in [-0.2, -0.15) is 0 Å². The van der Waals surface area contributed by atoms with E-state index in [1.807, 2.05) is 41.9 Å². The Labute approximate surface area is 166 Å². The molecule has 0 amide bonds. The fraction of sp³-hybridized carbons (Fsp3) is 0.409. The zero-order valence-corrected chi connectivity index (χ0v) is 17.3. The highest BCUT2D eigenvalue weighted by Gasteiger charge is 2.11. The molecule has 1 aromatic heterocycles. The summed E-state index contributed by atoms with van der Waals surface area (Å²) in [6.07, 6.45) is 1.86. The molecule has 2 aromatic carbocycles. The SMILES string of the molecule is Cc1nc2ccccc2n1NCCc1ccc(OCCC(C)(C)C)c(Cl)c1. The quantitative estimate of drug-likeness (QED) is 0.575. The molecule has 144 valence electrons. The standard InChI is InChI=1S/C22H28ClN3O/c1-16-25-19-7-5-6-8-20(19)26(16)24-13-11-17-9-10-21(18(23)15-17)27-14-12-22(2,3)4/h5-10,15,24H,11-14H2,1-4H3. The smallest absolute Gasteiger partial charge is 0.137 e. The number of para-hydroxylation sites is 2. The van der Waals surface area contributed by atoms with E-state index in [0.29, 0.717) is 11.6 Å². The molecule has 0 aliphatic heterocycles. The van der Waals surface area contributed by atoms with Crippen LogP contribution in [-0.4, -0.2) is 22.8 Å². The lowest BCUT2D eigenvalue weighted by atomic mass is 9.93. The van der Waals surface area contributed by atoms with E-state index in [9.17, 15) is 0 Å². The first-order chi connectivity index (χ1) is 12.8. The summed E-state index contributed by atoms with van der Waals surface area (Å²) in [6, 6.07) is 14.2. The van der Waals surface area contributed by atoms with Crippen LogP contribution in [0.25, 0.3) is 11.0 Å². The predicted octanol–water partition coefficient (Wildman–Crippen LogP) is 5.60. The van der Waals surface area contributed by atoms with E-state index in [-0.39, 0.29) is 5.41 Å². The van der Waals surface area contributed by atoms with Gasteiger partial charge in [-0.05, 0) is 55.0 Å². The van der Waals surface area contributed by atoms with Crippen LogP contribution in [0.5, 0.6) is 5.75 Å². The van der Waals surface area contributed by atoms with Crippen molar-refractivity contribution in [3.63, 3.8) is 0 Å². The van der Waals surface area contributed by atoms with Gasteiger partial charge in [0, 0.05) is 6.54 Å². The Morgan fingerprint density at radius 1 is 1.15 bits per heavy atom. The number of hydrogen-bond donors (Lipinski definition) is 1. The monoisotopic (exact) mass is 385 g/mol. The highest BCUT2D eigenvalue weighted by molar-refractivity contribution is 6.32. The molecule has 0 fully saturated rings. The lowest BCUT2D eigenvalue weighted by molar-refractivity contribution is 0.243. The van der Waals surface area contributed by atoms with Crippen molar-refractivity contribution in [3.8, 4) is 5.75 Å². The van der Waals surface area contributed by atoms with Gasteiger partial charge in [0.15, 0.2) is 0 Å². The Kier molecular flexibility index (Phi) is 5.95. The Hall–Kier alpha value is -2.20. The van der Waals surface area contributed by atoms with Crippen LogP contribution in [-0.2, 0) is 6.42 Å². The summed E-state index contributed by atoms with van der Waals surface area (Å²) in [5.74, 6) is 1.71. The summed E-state index contributed by atoms with van der Waals surface area (Å²) in [5.41, 5.74) is 6.98. The van der Waals surface area contributed by atoms with Gasteiger partial charge in [0.05, 0.1) is 22.7 Å². The van der Waals surface area contributed by atoms with E-state index in [1.54, 1.807) is 0 Å². The van der Waals surface area contributed by atoms with Gasteiger partial charge in [0.2, 0.25) is 0 Å². The number of aromatic nitrogens is 2. The van der Waals surface area contributed by atoms with E-state index in [4.69, 9.17) is 16.3 Å². The normalized spacial score (nSPS) is 11.7. The fourth-order valence-corrected chi connectivity index (χ4v) is 3.20. The maximum Gasteiger partial charge on any atom is 0.137 e. The lowest BCUT2D eigenvalue weighted by Gasteiger charge is -2.18. The topological polar surface area (TPSA) is 39.1 Å².